The van der Waals surface area contributed by atoms with Gasteiger partial charge in [0.05, 0.1) is 6.42 Å². The molecule has 1 fully saturated rings. The van der Waals surface area contributed by atoms with Gasteiger partial charge in [-0.1, -0.05) is 17.8 Å². The number of rotatable bonds is 7. The van der Waals surface area contributed by atoms with Crippen LogP contribution in [-0.2, 0) is 27.9 Å². The van der Waals surface area contributed by atoms with Gasteiger partial charge in [-0.25, -0.2) is 9.48 Å². The smallest absolute Gasteiger partial charge is 0.352 e. The fourth-order valence-electron chi connectivity index (χ4n) is 3.09. The molecule has 2 aromatic heterocycles. The Hall–Kier alpha value is -2.38. The average Bonchev–Trinajstić information content (AvgIpc) is 3.35. The Labute approximate surface area is 177 Å². The Balaban J connectivity index is 1.45. The molecule has 0 spiro atoms. The van der Waals surface area contributed by atoms with Crippen LogP contribution in [-0.4, -0.2) is 70.9 Å². The summed E-state index contributed by atoms with van der Waals surface area (Å²) >= 11 is 4.23. The number of carboxylic acid groups (broad SMARTS) is 1. The number of β-lactam (4-membered cyclic amide) rings is 1. The van der Waals surface area contributed by atoms with Crippen LogP contribution < -0.4 is 5.32 Å². The zero-order valence-corrected chi connectivity index (χ0v) is 17.6. The molecule has 2 amide bonds. The number of nitrogens with zero attached hydrogens (tertiary/aromatic N) is 5. The molecule has 29 heavy (non-hydrogen) atoms. The number of hydrogen-bond acceptors (Lipinski definition) is 9. The summed E-state index contributed by atoms with van der Waals surface area (Å²) < 4.78 is 1.50. The van der Waals surface area contributed by atoms with Crippen molar-refractivity contribution in [1.29, 1.82) is 0 Å². The van der Waals surface area contributed by atoms with E-state index in [0.717, 1.165) is 4.88 Å². The third kappa shape index (κ3) is 3.89. The summed E-state index contributed by atoms with van der Waals surface area (Å²) in [5, 5.41) is 25.6. The van der Waals surface area contributed by atoms with Crippen molar-refractivity contribution < 1.29 is 19.5 Å². The maximum atomic E-state index is 12.6. The number of carbonyl (C=O) groups is 3. The Morgan fingerprint density at radius 1 is 1.45 bits per heavy atom. The summed E-state index contributed by atoms with van der Waals surface area (Å²) in [6.45, 7) is 0. The van der Waals surface area contributed by atoms with Crippen molar-refractivity contribution in [2.45, 2.75) is 23.0 Å². The molecule has 2 aliphatic rings. The van der Waals surface area contributed by atoms with E-state index in [1.807, 2.05) is 17.5 Å². The predicted molar refractivity (Wildman–Crippen MR) is 107 cm³/mol. The molecular weight excluding hydrogens is 436 g/mol. The van der Waals surface area contributed by atoms with E-state index in [9.17, 15) is 19.5 Å². The van der Waals surface area contributed by atoms with Crippen molar-refractivity contribution in [1.82, 2.24) is 30.4 Å². The molecule has 2 unspecified atom stereocenters. The highest BCUT2D eigenvalue weighted by Gasteiger charge is 2.54. The lowest BCUT2D eigenvalue weighted by Gasteiger charge is -2.49. The summed E-state index contributed by atoms with van der Waals surface area (Å²) in [6.07, 6.45) is 0.202. The van der Waals surface area contributed by atoms with Crippen LogP contribution in [0, 0.1) is 0 Å². The molecule has 13 heteroatoms. The highest BCUT2D eigenvalue weighted by atomic mass is 32.2. The van der Waals surface area contributed by atoms with E-state index in [2.05, 4.69) is 20.8 Å². The summed E-state index contributed by atoms with van der Waals surface area (Å²) in [7, 11) is 1.70. The van der Waals surface area contributed by atoms with Crippen LogP contribution in [0.15, 0.2) is 33.9 Å². The first kappa shape index (κ1) is 19.9. The van der Waals surface area contributed by atoms with Gasteiger partial charge in [-0.15, -0.1) is 28.2 Å². The first-order valence-corrected chi connectivity index (χ1v) is 11.4. The van der Waals surface area contributed by atoms with Crippen LogP contribution >= 0.6 is 34.9 Å². The van der Waals surface area contributed by atoms with E-state index in [-0.39, 0.29) is 18.0 Å². The van der Waals surface area contributed by atoms with Crippen LogP contribution in [0.25, 0.3) is 0 Å². The summed E-state index contributed by atoms with van der Waals surface area (Å²) in [5.41, 5.74) is 0.619. The minimum atomic E-state index is -1.15. The van der Waals surface area contributed by atoms with Crippen LogP contribution in [0.1, 0.15) is 4.88 Å². The molecule has 2 N–H and O–H groups in total. The largest absolute Gasteiger partial charge is 0.477 e. The van der Waals surface area contributed by atoms with Crippen molar-refractivity contribution in [2.24, 2.45) is 7.05 Å². The van der Waals surface area contributed by atoms with Gasteiger partial charge in [0, 0.05) is 23.4 Å². The van der Waals surface area contributed by atoms with Crippen molar-refractivity contribution in [3.8, 4) is 0 Å². The molecule has 2 aromatic rings. The lowest BCUT2D eigenvalue weighted by Crippen LogP contribution is -2.70. The Bertz CT molecular complexity index is 989. The molecule has 0 aliphatic carbocycles. The van der Waals surface area contributed by atoms with Crippen molar-refractivity contribution in [2.75, 3.05) is 11.5 Å². The van der Waals surface area contributed by atoms with Crippen LogP contribution in [0.5, 0.6) is 0 Å². The number of nitrogens with one attached hydrogen (secondary N) is 1. The van der Waals surface area contributed by atoms with Gasteiger partial charge < -0.3 is 10.4 Å². The Morgan fingerprint density at radius 3 is 2.93 bits per heavy atom. The molecule has 10 nitrogen and oxygen atoms in total. The zero-order chi connectivity index (χ0) is 20.5. The number of aliphatic carboxylic acids is 1. The number of hydrogen-bond donors (Lipinski definition) is 2. The van der Waals surface area contributed by atoms with Gasteiger partial charge in [-0.3, -0.25) is 14.5 Å². The van der Waals surface area contributed by atoms with E-state index >= 15 is 0 Å². The fraction of sp³-hybridized carbons (Fsp3) is 0.375. The second-order valence-electron chi connectivity index (χ2n) is 6.34. The molecule has 2 aliphatic heterocycles. The number of thioether (sulfide) groups is 2. The van der Waals surface area contributed by atoms with Gasteiger partial charge >= 0.3 is 5.97 Å². The molecule has 0 bridgehead atoms. The number of thiophene rings is 1. The van der Waals surface area contributed by atoms with Crippen LogP contribution in [0.4, 0.5) is 0 Å². The molecule has 4 heterocycles. The van der Waals surface area contributed by atoms with E-state index in [0.29, 0.717) is 22.2 Å². The Kier molecular flexibility index (Phi) is 5.61. The standard InChI is InChI=1S/C16H16N6O4S3/c1-21-16(18-19-20-21)29-7-8-6-28-14-11(13(24)22(14)12(8)15(25)26)17-10(23)5-9-3-2-4-27-9/h2-4,11,14H,5-7H2,1H3,(H,17,23)(H,25,26). The number of fused-ring (bicyclic) bond motifs is 1. The van der Waals surface area contributed by atoms with Crippen molar-refractivity contribution in [3.63, 3.8) is 0 Å². The number of carboxylic acids is 1. The van der Waals surface area contributed by atoms with E-state index in [4.69, 9.17) is 0 Å². The predicted octanol–water partition coefficient (Wildman–Crippen LogP) is 0.345. The lowest BCUT2D eigenvalue weighted by molar-refractivity contribution is -0.150. The van der Waals surface area contributed by atoms with Gasteiger partial charge in [-0.05, 0) is 27.4 Å². The van der Waals surface area contributed by atoms with Gasteiger partial charge in [0.2, 0.25) is 11.1 Å². The Morgan fingerprint density at radius 2 is 2.28 bits per heavy atom. The second kappa shape index (κ2) is 8.16. The lowest BCUT2D eigenvalue weighted by atomic mass is 10.0. The second-order valence-corrected chi connectivity index (χ2v) is 9.42. The zero-order valence-electron chi connectivity index (χ0n) is 15.1. The number of carbonyl (C=O) groups excluding carboxylic acids is 2. The topological polar surface area (TPSA) is 130 Å². The SMILES string of the molecule is Cn1nnnc1SCC1=C(C(=O)O)N2C(=O)C(NC(=O)Cc3cccs3)C2SC1. The molecule has 0 radical (unpaired) electrons. The third-order valence-corrected chi connectivity index (χ3v) is 7.75. The van der Waals surface area contributed by atoms with Crippen LogP contribution in [0.2, 0.25) is 0 Å². The van der Waals surface area contributed by atoms with Crippen molar-refractivity contribution >= 4 is 52.6 Å². The minimum Gasteiger partial charge on any atom is -0.477 e. The molecule has 0 saturated carbocycles. The van der Waals surface area contributed by atoms with E-state index in [1.54, 1.807) is 7.05 Å². The average molecular weight is 453 g/mol. The van der Waals surface area contributed by atoms with Gasteiger partial charge in [-0.2, -0.15) is 0 Å². The van der Waals surface area contributed by atoms with Gasteiger partial charge in [0.25, 0.3) is 5.91 Å². The normalized spacial score (nSPS) is 21.0. The van der Waals surface area contributed by atoms with E-state index < -0.39 is 23.3 Å². The first-order valence-electron chi connectivity index (χ1n) is 8.52. The first-order chi connectivity index (χ1) is 14.0. The summed E-state index contributed by atoms with van der Waals surface area (Å²) in [4.78, 5) is 38.9. The number of aryl methyl sites for hydroxylation is 1. The fourth-order valence-corrected chi connectivity index (χ4v) is 6.12. The van der Waals surface area contributed by atoms with E-state index in [1.165, 1.54) is 44.4 Å². The summed E-state index contributed by atoms with van der Waals surface area (Å²) in [5.74, 6) is -0.996. The number of amides is 2. The summed E-state index contributed by atoms with van der Waals surface area (Å²) in [6, 6.07) is 3.01. The molecule has 4 rings (SSSR count). The molecule has 1 saturated heterocycles. The highest BCUT2D eigenvalue weighted by Crippen LogP contribution is 2.41. The number of aromatic nitrogens is 4. The van der Waals surface area contributed by atoms with Crippen LogP contribution in [0.3, 0.4) is 0 Å². The van der Waals surface area contributed by atoms with Crippen molar-refractivity contribution in [3.05, 3.63) is 33.7 Å². The maximum absolute atomic E-state index is 12.6. The quantitative estimate of drug-likeness (QED) is 0.451. The third-order valence-electron chi connectivity index (χ3n) is 4.44. The van der Waals surface area contributed by atoms with Gasteiger partial charge in [0.1, 0.15) is 17.1 Å². The maximum Gasteiger partial charge on any atom is 0.352 e. The molecule has 152 valence electrons. The minimum absolute atomic E-state index is 0.00914. The monoisotopic (exact) mass is 452 g/mol. The molecule has 2 atom stereocenters. The molecule has 0 aromatic carbocycles. The number of tetrazole rings is 1. The highest BCUT2D eigenvalue weighted by molar-refractivity contribution is 8.01. The van der Waals surface area contributed by atoms with Gasteiger partial charge in [0.15, 0.2) is 0 Å². The molecular formula is C16H16N6O4S3.